The summed E-state index contributed by atoms with van der Waals surface area (Å²) >= 11 is 0. The standard InChI is InChI=1S/C19H29NO/c1-18-9-7-13(20)11-12(18)3-4-14-15-5-6-17(21)19(15,2)10-8-16(14)18/h11,14-17,20-21H,3-10H2,1-2H3/t14?,15?,16?,17-,18+,19+/m1/s1. The molecule has 116 valence electrons. The minimum Gasteiger partial charge on any atom is -0.393 e. The summed E-state index contributed by atoms with van der Waals surface area (Å²) in [5.74, 6) is 2.36. The van der Waals surface area contributed by atoms with Gasteiger partial charge >= 0.3 is 0 Å². The molecule has 2 nitrogen and oxygen atoms in total. The Kier molecular flexibility index (Phi) is 2.96. The van der Waals surface area contributed by atoms with Gasteiger partial charge < -0.3 is 10.5 Å². The van der Waals surface area contributed by atoms with Gasteiger partial charge in [-0.1, -0.05) is 19.4 Å². The molecule has 4 rings (SSSR count). The molecule has 0 heterocycles. The second-order valence-electron chi connectivity index (χ2n) is 8.67. The maximum absolute atomic E-state index is 10.5. The van der Waals surface area contributed by atoms with Crippen molar-refractivity contribution in [3.8, 4) is 0 Å². The van der Waals surface area contributed by atoms with Gasteiger partial charge in [0.25, 0.3) is 0 Å². The Balaban J connectivity index is 1.69. The predicted octanol–water partition coefficient (Wildman–Crippen LogP) is 4.33. The maximum atomic E-state index is 10.5. The van der Waals surface area contributed by atoms with Crippen molar-refractivity contribution < 1.29 is 5.11 Å². The van der Waals surface area contributed by atoms with Crippen molar-refractivity contribution in [2.24, 2.45) is 28.6 Å². The molecule has 0 aromatic rings. The number of aliphatic hydroxyl groups is 1. The van der Waals surface area contributed by atoms with Crippen LogP contribution in [0.1, 0.15) is 65.2 Å². The zero-order valence-corrected chi connectivity index (χ0v) is 13.5. The molecular formula is C19H29NO. The van der Waals surface area contributed by atoms with Gasteiger partial charge in [-0.25, -0.2) is 0 Å². The lowest BCUT2D eigenvalue weighted by atomic mass is 9.47. The van der Waals surface area contributed by atoms with Gasteiger partial charge in [0.15, 0.2) is 0 Å². The maximum Gasteiger partial charge on any atom is 0.0596 e. The van der Waals surface area contributed by atoms with Gasteiger partial charge in [0.1, 0.15) is 0 Å². The first-order valence-electron chi connectivity index (χ1n) is 8.92. The number of rotatable bonds is 0. The van der Waals surface area contributed by atoms with Crippen molar-refractivity contribution in [2.75, 3.05) is 0 Å². The average Bonchev–Trinajstić information content (AvgIpc) is 2.76. The summed E-state index contributed by atoms with van der Waals surface area (Å²) in [7, 11) is 0. The number of allylic oxidation sites excluding steroid dienone is 2. The highest BCUT2D eigenvalue weighted by Gasteiger charge is 2.58. The van der Waals surface area contributed by atoms with Crippen molar-refractivity contribution in [2.45, 2.75) is 71.3 Å². The Labute approximate surface area is 128 Å². The summed E-state index contributed by atoms with van der Waals surface area (Å²) in [6.45, 7) is 4.84. The van der Waals surface area contributed by atoms with Gasteiger partial charge in [0.2, 0.25) is 0 Å². The fraction of sp³-hybridized carbons (Fsp3) is 0.842. The molecule has 3 unspecified atom stereocenters. The van der Waals surface area contributed by atoms with Crippen LogP contribution in [0.25, 0.3) is 0 Å². The Morgan fingerprint density at radius 2 is 1.86 bits per heavy atom. The lowest BCUT2D eigenvalue weighted by Gasteiger charge is -2.57. The normalized spacial score (nSPS) is 52.7. The molecule has 3 fully saturated rings. The number of aliphatic hydroxyl groups excluding tert-OH is 1. The molecule has 0 bridgehead atoms. The first kappa shape index (κ1) is 14.0. The molecule has 0 aromatic carbocycles. The first-order valence-corrected chi connectivity index (χ1v) is 8.92. The van der Waals surface area contributed by atoms with E-state index in [4.69, 9.17) is 5.41 Å². The van der Waals surface area contributed by atoms with E-state index in [1.807, 2.05) is 0 Å². The van der Waals surface area contributed by atoms with Crippen molar-refractivity contribution >= 4 is 5.71 Å². The molecule has 0 aromatic heterocycles. The lowest BCUT2D eigenvalue weighted by Crippen LogP contribution is -2.51. The van der Waals surface area contributed by atoms with Crippen LogP contribution in [-0.2, 0) is 0 Å². The van der Waals surface area contributed by atoms with E-state index in [1.165, 1.54) is 38.5 Å². The molecule has 0 radical (unpaired) electrons. The van der Waals surface area contributed by atoms with Crippen LogP contribution < -0.4 is 0 Å². The monoisotopic (exact) mass is 287 g/mol. The van der Waals surface area contributed by atoms with E-state index >= 15 is 0 Å². The van der Waals surface area contributed by atoms with Crippen LogP contribution in [0.15, 0.2) is 11.6 Å². The fourth-order valence-corrected chi connectivity index (χ4v) is 6.56. The van der Waals surface area contributed by atoms with Gasteiger partial charge in [-0.2, -0.15) is 0 Å². The van der Waals surface area contributed by atoms with E-state index < -0.39 is 0 Å². The predicted molar refractivity (Wildman–Crippen MR) is 85.4 cm³/mol. The summed E-state index contributed by atoms with van der Waals surface area (Å²) in [6.07, 6.45) is 11.5. The molecule has 4 aliphatic carbocycles. The zero-order chi connectivity index (χ0) is 14.8. The highest BCUT2D eigenvalue weighted by molar-refractivity contribution is 5.94. The van der Waals surface area contributed by atoms with E-state index in [9.17, 15) is 5.11 Å². The molecule has 2 N–H and O–H groups in total. The molecule has 3 saturated carbocycles. The largest absolute Gasteiger partial charge is 0.393 e. The molecule has 0 spiro atoms. The SMILES string of the molecule is C[C@]12CCC(=N)C=C1CCC1C2CC[C@@]2(C)C1CC[C@H]2O. The third-order valence-corrected chi connectivity index (χ3v) is 7.95. The Morgan fingerprint density at radius 1 is 1.05 bits per heavy atom. The summed E-state index contributed by atoms with van der Waals surface area (Å²) in [4.78, 5) is 0. The number of hydrogen-bond donors (Lipinski definition) is 2. The average molecular weight is 287 g/mol. The number of hydrogen-bond acceptors (Lipinski definition) is 2. The molecule has 6 atom stereocenters. The van der Waals surface area contributed by atoms with Crippen molar-refractivity contribution in [3.63, 3.8) is 0 Å². The summed E-state index contributed by atoms with van der Waals surface area (Å²) in [5, 5.41) is 18.5. The van der Waals surface area contributed by atoms with E-state index in [0.29, 0.717) is 5.41 Å². The first-order chi connectivity index (χ1) is 9.95. The molecule has 4 aliphatic rings. The molecule has 21 heavy (non-hydrogen) atoms. The zero-order valence-electron chi connectivity index (χ0n) is 13.5. The van der Waals surface area contributed by atoms with E-state index in [1.54, 1.807) is 5.57 Å². The van der Waals surface area contributed by atoms with E-state index in [-0.39, 0.29) is 11.5 Å². The summed E-state index contributed by atoms with van der Waals surface area (Å²) in [6, 6.07) is 0. The summed E-state index contributed by atoms with van der Waals surface area (Å²) < 4.78 is 0. The van der Waals surface area contributed by atoms with Gasteiger partial charge in [-0.15, -0.1) is 0 Å². The van der Waals surface area contributed by atoms with Crippen LogP contribution in [-0.4, -0.2) is 16.9 Å². The minimum atomic E-state index is -0.0623. The molecule has 0 amide bonds. The second-order valence-corrected chi connectivity index (χ2v) is 8.67. The third kappa shape index (κ3) is 1.78. The lowest BCUT2D eigenvalue weighted by molar-refractivity contribution is -0.0721. The molecule has 2 heteroatoms. The highest BCUT2D eigenvalue weighted by Crippen LogP contribution is 2.65. The number of fused-ring (bicyclic) bond motifs is 5. The second kappa shape index (κ2) is 4.44. The van der Waals surface area contributed by atoms with Gasteiger partial charge in [0.05, 0.1) is 6.10 Å². The van der Waals surface area contributed by atoms with E-state index in [2.05, 4.69) is 19.9 Å². The van der Waals surface area contributed by atoms with Crippen molar-refractivity contribution in [1.82, 2.24) is 0 Å². The topological polar surface area (TPSA) is 44.1 Å². The number of nitrogens with one attached hydrogen (secondary N) is 1. The van der Waals surface area contributed by atoms with Gasteiger partial charge in [0, 0.05) is 5.71 Å². The van der Waals surface area contributed by atoms with Crippen LogP contribution in [0.5, 0.6) is 0 Å². The van der Waals surface area contributed by atoms with Gasteiger partial charge in [-0.05, 0) is 86.0 Å². The van der Waals surface area contributed by atoms with Crippen molar-refractivity contribution in [1.29, 1.82) is 5.41 Å². The fourth-order valence-electron chi connectivity index (χ4n) is 6.56. The quantitative estimate of drug-likeness (QED) is 0.684. The molecule has 0 aliphatic heterocycles. The third-order valence-electron chi connectivity index (χ3n) is 7.95. The minimum absolute atomic E-state index is 0.0623. The van der Waals surface area contributed by atoms with Crippen LogP contribution in [0.2, 0.25) is 0 Å². The smallest absolute Gasteiger partial charge is 0.0596 e. The van der Waals surface area contributed by atoms with Crippen LogP contribution in [0, 0.1) is 34.0 Å². The summed E-state index contributed by atoms with van der Waals surface area (Å²) in [5.41, 5.74) is 2.96. The van der Waals surface area contributed by atoms with E-state index in [0.717, 1.165) is 36.3 Å². The molecular weight excluding hydrogens is 258 g/mol. The van der Waals surface area contributed by atoms with Crippen LogP contribution >= 0.6 is 0 Å². The highest BCUT2D eigenvalue weighted by atomic mass is 16.3. The Morgan fingerprint density at radius 3 is 2.67 bits per heavy atom. The van der Waals surface area contributed by atoms with Gasteiger partial charge in [-0.3, -0.25) is 0 Å². The van der Waals surface area contributed by atoms with Crippen LogP contribution in [0.4, 0.5) is 0 Å². The molecule has 0 saturated heterocycles. The van der Waals surface area contributed by atoms with Crippen LogP contribution in [0.3, 0.4) is 0 Å². The Hall–Kier alpha value is -0.630. The Bertz CT molecular complexity index is 510. The van der Waals surface area contributed by atoms with Crippen molar-refractivity contribution in [3.05, 3.63) is 11.6 Å².